The molecule has 1 unspecified atom stereocenters. The summed E-state index contributed by atoms with van der Waals surface area (Å²) in [5.74, 6) is 1.24. The second kappa shape index (κ2) is 8.62. The van der Waals surface area contributed by atoms with E-state index in [1.165, 1.54) is 21.3 Å². The van der Waals surface area contributed by atoms with Crippen LogP contribution in [0, 0.1) is 6.92 Å². The van der Waals surface area contributed by atoms with Crippen molar-refractivity contribution in [2.45, 2.75) is 19.4 Å². The van der Waals surface area contributed by atoms with Crippen LogP contribution < -0.4 is 24.8 Å². The van der Waals surface area contributed by atoms with E-state index in [1.807, 2.05) is 37.3 Å². The predicted molar refractivity (Wildman–Crippen MR) is 119 cm³/mol. The summed E-state index contributed by atoms with van der Waals surface area (Å²) >= 11 is 0. The van der Waals surface area contributed by atoms with Gasteiger partial charge in [0.05, 0.1) is 33.4 Å². The average Bonchev–Trinajstić information content (AvgIpc) is 3.26. The summed E-state index contributed by atoms with van der Waals surface area (Å²) in [5.41, 5.74) is 3.05. The predicted octanol–water partition coefficient (Wildman–Crippen LogP) is 3.41. The Balaban J connectivity index is 1.57. The number of ether oxygens (including phenoxy) is 3. The molecule has 0 saturated carbocycles. The summed E-state index contributed by atoms with van der Waals surface area (Å²) in [4.78, 5) is 25.4. The first-order chi connectivity index (χ1) is 15.5. The van der Waals surface area contributed by atoms with E-state index in [0.717, 1.165) is 16.8 Å². The SMILES string of the molecule is COc1cc(NC(=O)CC2C(=O)Nc3c(-c4ccccc4)c(C)nn32)cc(OC)c1OC. The normalized spacial score (nSPS) is 14.5. The molecule has 0 aliphatic carbocycles. The van der Waals surface area contributed by atoms with Crippen LogP contribution >= 0.6 is 0 Å². The maximum atomic E-state index is 12.8. The molecule has 0 saturated heterocycles. The minimum absolute atomic E-state index is 0.0785. The zero-order valence-electron chi connectivity index (χ0n) is 18.3. The number of nitrogens with zero attached hydrogens (tertiary/aromatic N) is 2. The molecule has 1 aliphatic rings. The van der Waals surface area contributed by atoms with E-state index in [4.69, 9.17) is 14.2 Å². The van der Waals surface area contributed by atoms with Crippen molar-refractivity contribution in [3.8, 4) is 28.4 Å². The van der Waals surface area contributed by atoms with Gasteiger partial charge in [-0.2, -0.15) is 5.10 Å². The number of benzene rings is 2. The second-order valence-corrected chi connectivity index (χ2v) is 7.29. The summed E-state index contributed by atoms with van der Waals surface area (Å²) in [6.07, 6.45) is -0.0785. The summed E-state index contributed by atoms with van der Waals surface area (Å²) in [6.45, 7) is 1.88. The van der Waals surface area contributed by atoms with Gasteiger partial charge in [-0.05, 0) is 12.5 Å². The molecular weight excluding hydrogens is 412 g/mol. The van der Waals surface area contributed by atoms with E-state index in [1.54, 1.807) is 16.8 Å². The van der Waals surface area contributed by atoms with Gasteiger partial charge in [-0.25, -0.2) is 4.68 Å². The van der Waals surface area contributed by atoms with Crippen LogP contribution in [0.4, 0.5) is 11.5 Å². The van der Waals surface area contributed by atoms with Crippen molar-refractivity contribution in [1.82, 2.24) is 9.78 Å². The summed E-state index contributed by atoms with van der Waals surface area (Å²) < 4.78 is 17.5. The molecule has 0 radical (unpaired) electrons. The Bertz CT molecular complexity index is 1150. The molecule has 166 valence electrons. The highest BCUT2D eigenvalue weighted by molar-refractivity contribution is 6.04. The molecule has 2 aromatic carbocycles. The van der Waals surface area contributed by atoms with Crippen LogP contribution in [-0.4, -0.2) is 42.9 Å². The lowest BCUT2D eigenvalue weighted by molar-refractivity contribution is -0.123. The molecule has 1 atom stereocenters. The third kappa shape index (κ3) is 3.73. The van der Waals surface area contributed by atoms with Gasteiger partial charge >= 0.3 is 0 Å². The number of carbonyl (C=O) groups excluding carboxylic acids is 2. The third-order valence-corrected chi connectivity index (χ3v) is 5.31. The van der Waals surface area contributed by atoms with Gasteiger partial charge in [-0.3, -0.25) is 9.59 Å². The minimum atomic E-state index is -0.747. The number of rotatable bonds is 7. The van der Waals surface area contributed by atoms with E-state index < -0.39 is 6.04 Å². The van der Waals surface area contributed by atoms with Crippen molar-refractivity contribution >= 4 is 23.3 Å². The Hall–Kier alpha value is -4.01. The Morgan fingerprint density at radius 2 is 1.75 bits per heavy atom. The van der Waals surface area contributed by atoms with Crippen molar-refractivity contribution in [1.29, 1.82) is 0 Å². The summed E-state index contributed by atoms with van der Waals surface area (Å²) in [7, 11) is 4.50. The number of carbonyl (C=O) groups is 2. The van der Waals surface area contributed by atoms with Crippen LogP contribution in [-0.2, 0) is 9.59 Å². The van der Waals surface area contributed by atoms with Gasteiger partial charge in [-0.1, -0.05) is 30.3 Å². The van der Waals surface area contributed by atoms with Crippen molar-refractivity contribution in [3.05, 3.63) is 48.2 Å². The largest absolute Gasteiger partial charge is 0.493 e. The monoisotopic (exact) mass is 436 g/mol. The Kier molecular flexibility index (Phi) is 5.72. The van der Waals surface area contributed by atoms with Crippen LogP contribution in [0.25, 0.3) is 11.1 Å². The van der Waals surface area contributed by atoms with E-state index in [0.29, 0.717) is 28.8 Å². The molecule has 2 heterocycles. The molecule has 2 N–H and O–H groups in total. The van der Waals surface area contributed by atoms with E-state index >= 15 is 0 Å². The van der Waals surface area contributed by atoms with E-state index in [9.17, 15) is 9.59 Å². The number of amides is 2. The highest BCUT2D eigenvalue weighted by Gasteiger charge is 2.36. The number of anilines is 2. The molecule has 9 nitrogen and oxygen atoms in total. The maximum Gasteiger partial charge on any atom is 0.251 e. The van der Waals surface area contributed by atoms with Crippen LogP contribution in [0.1, 0.15) is 18.2 Å². The highest BCUT2D eigenvalue weighted by Crippen LogP contribution is 2.41. The first kappa shape index (κ1) is 21.2. The van der Waals surface area contributed by atoms with Gasteiger partial charge in [0.1, 0.15) is 11.9 Å². The van der Waals surface area contributed by atoms with E-state index in [-0.39, 0.29) is 18.2 Å². The van der Waals surface area contributed by atoms with Crippen molar-refractivity contribution in [2.24, 2.45) is 0 Å². The molecule has 0 spiro atoms. The average molecular weight is 436 g/mol. The highest BCUT2D eigenvalue weighted by atomic mass is 16.5. The fourth-order valence-corrected chi connectivity index (χ4v) is 3.87. The molecular formula is C23H24N4O5. The van der Waals surface area contributed by atoms with Crippen LogP contribution in [0.15, 0.2) is 42.5 Å². The zero-order chi connectivity index (χ0) is 22.8. The van der Waals surface area contributed by atoms with Gasteiger partial charge in [0.25, 0.3) is 5.91 Å². The van der Waals surface area contributed by atoms with Gasteiger partial charge in [0.15, 0.2) is 11.5 Å². The fraction of sp³-hybridized carbons (Fsp3) is 0.261. The number of hydrogen-bond donors (Lipinski definition) is 2. The standard InChI is InChI=1S/C23H24N4O5/c1-13-20(14-8-6-5-7-9-14)22-25-23(29)16(27(22)26-13)12-19(28)24-15-10-17(30-2)21(32-4)18(11-15)31-3/h5-11,16H,12H2,1-4H3,(H,24,28)(H,25,29). The van der Waals surface area contributed by atoms with Gasteiger partial charge in [0.2, 0.25) is 11.7 Å². The topological polar surface area (TPSA) is 104 Å². The Morgan fingerprint density at radius 3 is 2.34 bits per heavy atom. The van der Waals surface area contributed by atoms with Crippen molar-refractivity contribution in [3.63, 3.8) is 0 Å². The number of aromatic nitrogens is 2. The minimum Gasteiger partial charge on any atom is -0.493 e. The second-order valence-electron chi connectivity index (χ2n) is 7.29. The molecule has 0 bridgehead atoms. The number of hydrogen-bond acceptors (Lipinski definition) is 6. The molecule has 0 fully saturated rings. The van der Waals surface area contributed by atoms with Crippen molar-refractivity contribution in [2.75, 3.05) is 32.0 Å². The maximum absolute atomic E-state index is 12.8. The molecule has 3 aromatic rings. The molecule has 1 aliphatic heterocycles. The van der Waals surface area contributed by atoms with Gasteiger partial charge < -0.3 is 24.8 Å². The smallest absolute Gasteiger partial charge is 0.251 e. The lowest BCUT2D eigenvalue weighted by atomic mass is 10.1. The van der Waals surface area contributed by atoms with Crippen LogP contribution in [0.3, 0.4) is 0 Å². The third-order valence-electron chi connectivity index (χ3n) is 5.31. The van der Waals surface area contributed by atoms with Crippen LogP contribution in [0.2, 0.25) is 0 Å². The number of nitrogens with one attached hydrogen (secondary N) is 2. The number of aryl methyl sites for hydroxylation is 1. The summed E-state index contributed by atoms with van der Waals surface area (Å²) in [5, 5.41) is 10.2. The lowest BCUT2D eigenvalue weighted by Crippen LogP contribution is -2.23. The van der Waals surface area contributed by atoms with Crippen LogP contribution in [0.5, 0.6) is 17.2 Å². The lowest BCUT2D eigenvalue weighted by Gasteiger charge is -2.15. The quantitative estimate of drug-likeness (QED) is 0.588. The number of fused-ring (bicyclic) bond motifs is 1. The van der Waals surface area contributed by atoms with Gasteiger partial charge in [-0.15, -0.1) is 0 Å². The number of methoxy groups -OCH3 is 3. The Morgan fingerprint density at radius 1 is 1.09 bits per heavy atom. The summed E-state index contributed by atoms with van der Waals surface area (Å²) in [6, 6.07) is 12.2. The molecule has 32 heavy (non-hydrogen) atoms. The van der Waals surface area contributed by atoms with E-state index in [2.05, 4.69) is 15.7 Å². The molecule has 1 aromatic heterocycles. The fourth-order valence-electron chi connectivity index (χ4n) is 3.87. The molecule has 9 heteroatoms. The Labute approximate surface area is 185 Å². The molecule has 4 rings (SSSR count). The van der Waals surface area contributed by atoms with Gasteiger partial charge in [0, 0.05) is 23.4 Å². The zero-order valence-corrected chi connectivity index (χ0v) is 18.3. The van der Waals surface area contributed by atoms with Crippen molar-refractivity contribution < 1.29 is 23.8 Å². The first-order valence-corrected chi connectivity index (χ1v) is 10.0. The molecule has 2 amide bonds. The first-order valence-electron chi connectivity index (χ1n) is 10.0.